The van der Waals surface area contributed by atoms with E-state index in [4.69, 9.17) is 4.74 Å². The lowest BCUT2D eigenvalue weighted by atomic mass is 9.79. The maximum atomic E-state index is 12.2. The number of hydrogen-bond acceptors (Lipinski definition) is 2. The Hall–Kier alpha value is -1.81. The highest BCUT2D eigenvalue weighted by Crippen LogP contribution is 2.38. The number of fused-ring (bicyclic) bond motifs is 1. The molecule has 0 aliphatic carbocycles. The molecule has 0 unspecified atom stereocenters. The Morgan fingerprint density at radius 3 is 3.10 bits per heavy atom. The zero-order valence-electron chi connectivity index (χ0n) is 12.1. The molecule has 1 aromatic carbocycles. The number of piperidine rings is 1. The van der Waals surface area contributed by atoms with E-state index in [0.29, 0.717) is 13.0 Å². The van der Waals surface area contributed by atoms with Crippen LogP contribution in [-0.4, -0.2) is 35.5 Å². The first-order chi connectivity index (χ1) is 10.2. The van der Waals surface area contributed by atoms with E-state index in [1.165, 1.54) is 10.9 Å². The topological polar surface area (TPSA) is 45.3 Å². The Morgan fingerprint density at radius 1 is 1.29 bits per heavy atom. The summed E-state index contributed by atoms with van der Waals surface area (Å²) in [6, 6.07) is 8.45. The molecule has 4 rings (SSSR count). The molecule has 0 bridgehead atoms. The number of rotatable bonds is 2. The summed E-state index contributed by atoms with van der Waals surface area (Å²) in [6.45, 7) is 3.21. The minimum Gasteiger partial charge on any atom is -0.381 e. The van der Waals surface area contributed by atoms with E-state index in [1.54, 1.807) is 0 Å². The zero-order chi connectivity index (χ0) is 14.3. The number of H-pyrrole nitrogens is 1. The fourth-order valence-electron chi connectivity index (χ4n) is 3.64. The Bertz CT molecular complexity index is 670. The number of amides is 1. The van der Waals surface area contributed by atoms with Crippen LogP contribution in [0.1, 0.15) is 24.8 Å². The minimum absolute atomic E-state index is 0.214. The smallest absolute Gasteiger partial charge is 0.222 e. The molecule has 1 atom stereocenters. The maximum Gasteiger partial charge on any atom is 0.222 e. The molecule has 2 saturated heterocycles. The van der Waals surface area contributed by atoms with Gasteiger partial charge in [0.15, 0.2) is 0 Å². The molecule has 110 valence electrons. The van der Waals surface area contributed by atoms with Crippen molar-refractivity contribution in [3.05, 3.63) is 36.0 Å². The van der Waals surface area contributed by atoms with Crippen molar-refractivity contribution >= 4 is 16.8 Å². The summed E-state index contributed by atoms with van der Waals surface area (Å²) in [6.07, 6.45) is 4.69. The average molecular weight is 284 g/mol. The third-order valence-electron chi connectivity index (χ3n) is 4.92. The van der Waals surface area contributed by atoms with Crippen LogP contribution >= 0.6 is 0 Å². The molecule has 1 spiro atoms. The van der Waals surface area contributed by atoms with Gasteiger partial charge < -0.3 is 14.6 Å². The van der Waals surface area contributed by atoms with Gasteiger partial charge in [-0.05, 0) is 42.0 Å². The summed E-state index contributed by atoms with van der Waals surface area (Å²) in [7, 11) is 0. The van der Waals surface area contributed by atoms with Gasteiger partial charge in [-0.15, -0.1) is 0 Å². The van der Waals surface area contributed by atoms with Crippen molar-refractivity contribution in [3.8, 4) is 0 Å². The van der Waals surface area contributed by atoms with Gasteiger partial charge in [0.25, 0.3) is 0 Å². The normalized spacial score (nSPS) is 26.1. The molecule has 1 N–H and O–H groups in total. The SMILES string of the molecule is O=C1CC[C@]2(CCOC2)CN1Cc1ccc2[nH]ccc2c1. The van der Waals surface area contributed by atoms with Crippen molar-refractivity contribution in [2.45, 2.75) is 25.8 Å². The van der Waals surface area contributed by atoms with Gasteiger partial charge in [-0.1, -0.05) is 6.07 Å². The number of nitrogens with zero attached hydrogens (tertiary/aromatic N) is 1. The number of aromatic amines is 1. The fourth-order valence-corrected chi connectivity index (χ4v) is 3.64. The van der Waals surface area contributed by atoms with Crippen LogP contribution in [-0.2, 0) is 16.1 Å². The van der Waals surface area contributed by atoms with Gasteiger partial charge in [0.05, 0.1) is 6.61 Å². The number of benzene rings is 1. The Balaban J connectivity index is 1.55. The quantitative estimate of drug-likeness (QED) is 0.921. The number of carbonyl (C=O) groups is 1. The summed E-state index contributed by atoms with van der Waals surface area (Å²) in [5.74, 6) is 0.279. The van der Waals surface area contributed by atoms with Crippen LogP contribution in [0.4, 0.5) is 0 Å². The molecule has 0 saturated carbocycles. The molecule has 0 radical (unpaired) electrons. The van der Waals surface area contributed by atoms with Gasteiger partial charge in [0.2, 0.25) is 5.91 Å². The van der Waals surface area contributed by atoms with Crippen LogP contribution in [0.2, 0.25) is 0 Å². The second kappa shape index (κ2) is 4.88. The van der Waals surface area contributed by atoms with Crippen LogP contribution in [0.15, 0.2) is 30.5 Å². The molecule has 2 aromatic rings. The van der Waals surface area contributed by atoms with Crippen molar-refractivity contribution in [3.63, 3.8) is 0 Å². The highest BCUT2D eigenvalue weighted by atomic mass is 16.5. The van der Waals surface area contributed by atoms with E-state index in [-0.39, 0.29) is 11.3 Å². The number of hydrogen-bond donors (Lipinski definition) is 1. The summed E-state index contributed by atoms with van der Waals surface area (Å²) in [5.41, 5.74) is 2.56. The number of likely N-dealkylation sites (tertiary alicyclic amines) is 1. The highest BCUT2D eigenvalue weighted by molar-refractivity contribution is 5.80. The van der Waals surface area contributed by atoms with Crippen LogP contribution < -0.4 is 0 Å². The third-order valence-corrected chi connectivity index (χ3v) is 4.92. The molecule has 1 aromatic heterocycles. The van der Waals surface area contributed by atoms with Crippen molar-refractivity contribution in [1.29, 1.82) is 0 Å². The second-order valence-corrected chi connectivity index (χ2v) is 6.45. The van der Waals surface area contributed by atoms with E-state index >= 15 is 0 Å². The van der Waals surface area contributed by atoms with Gasteiger partial charge >= 0.3 is 0 Å². The van der Waals surface area contributed by atoms with E-state index in [0.717, 1.165) is 38.1 Å². The summed E-state index contributed by atoms with van der Waals surface area (Å²) < 4.78 is 5.58. The second-order valence-electron chi connectivity index (χ2n) is 6.45. The highest BCUT2D eigenvalue weighted by Gasteiger charge is 2.41. The minimum atomic E-state index is 0.214. The first-order valence-electron chi connectivity index (χ1n) is 7.66. The maximum absolute atomic E-state index is 12.2. The molecule has 4 heteroatoms. The number of aromatic nitrogens is 1. The first kappa shape index (κ1) is 12.9. The Morgan fingerprint density at radius 2 is 2.24 bits per heavy atom. The van der Waals surface area contributed by atoms with Crippen LogP contribution in [0.3, 0.4) is 0 Å². The lowest BCUT2D eigenvalue weighted by Crippen LogP contribution is -2.46. The van der Waals surface area contributed by atoms with Crippen LogP contribution in [0.25, 0.3) is 10.9 Å². The van der Waals surface area contributed by atoms with Crippen LogP contribution in [0, 0.1) is 5.41 Å². The van der Waals surface area contributed by atoms with Crippen LogP contribution in [0.5, 0.6) is 0 Å². The molecule has 2 aliphatic rings. The molecule has 3 heterocycles. The number of ether oxygens (including phenoxy) is 1. The molecule has 2 aliphatic heterocycles. The lowest BCUT2D eigenvalue weighted by molar-refractivity contribution is -0.138. The fraction of sp³-hybridized carbons (Fsp3) is 0.471. The Labute approximate surface area is 124 Å². The van der Waals surface area contributed by atoms with Crippen molar-refractivity contribution in [1.82, 2.24) is 9.88 Å². The molecular weight excluding hydrogens is 264 g/mol. The van der Waals surface area contributed by atoms with E-state index in [9.17, 15) is 4.79 Å². The largest absolute Gasteiger partial charge is 0.381 e. The zero-order valence-corrected chi connectivity index (χ0v) is 12.1. The molecular formula is C17H20N2O2. The lowest BCUT2D eigenvalue weighted by Gasteiger charge is -2.39. The van der Waals surface area contributed by atoms with Gasteiger partial charge in [-0.25, -0.2) is 0 Å². The van der Waals surface area contributed by atoms with Crippen molar-refractivity contribution < 1.29 is 9.53 Å². The monoisotopic (exact) mass is 284 g/mol. The van der Waals surface area contributed by atoms with Crippen molar-refractivity contribution in [2.24, 2.45) is 5.41 Å². The van der Waals surface area contributed by atoms with E-state index in [2.05, 4.69) is 29.2 Å². The first-order valence-corrected chi connectivity index (χ1v) is 7.66. The van der Waals surface area contributed by atoms with Gasteiger partial charge in [-0.2, -0.15) is 0 Å². The summed E-state index contributed by atoms with van der Waals surface area (Å²) in [4.78, 5) is 17.5. The number of carbonyl (C=O) groups excluding carboxylic acids is 1. The standard InChI is InChI=1S/C17H20N2O2/c20-16-3-5-17(6-8-21-12-17)11-19(16)10-13-1-2-15-14(9-13)4-7-18-15/h1-2,4,7,9,18H,3,5-6,8,10-12H2/t17-/m0/s1. The molecule has 21 heavy (non-hydrogen) atoms. The average Bonchev–Trinajstić information content (AvgIpc) is 3.12. The van der Waals surface area contributed by atoms with Gasteiger partial charge in [0, 0.05) is 43.2 Å². The molecule has 1 amide bonds. The summed E-state index contributed by atoms with van der Waals surface area (Å²) in [5, 5.41) is 1.20. The van der Waals surface area contributed by atoms with Gasteiger partial charge in [0.1, 0.15) is 0 Å². The number of nitrogens with one attached hydrogen (secondary N) is 1. The molecule has 4 nitrogen and oxygen atoms in total. The molecule has 2 fully saturated rings. The predicted molar refractivity (Wildman–Crippen MR) is 80.8 cm³/mol. The van der Waals surface area contributed by atoms with Crippen molar-refractivity contribution in [2.75, 3.05) is 19.8 Å². The summed E-state index contributed by atoms with van der Waals surface area (Å²) >= 11 is 0. The van der Waals surface area contributed by atoms with E-state index < -0.39 is 0 Å². The Kier molecular flexibility index (Phi) is 3.00. The van der Waals surface area contributed by atoms with Gasteiger partial charge in [-0.3, -0.25) is 4.79 Å². The third kappa shape index (κ3) is 2.33. The predicted octanol–water partition coefficient (Wildman–Crippen LogP) is 2.70. The van der Waals surface area contributed by atoms with E-state index in [1.807, 2.05) is 11.1 Å².